The van der Waals surface area contributed by atoms with E-state index in [9.17, 15) is 0 Å². The van der Waals surface area contributed by atoms with Crippen molar-refractivity contribution in [3.63, 3.8) is 0 Å². The topological polar surface area (TPSA) is 25.4 Å². The van der Waals surface area contributed by atoms with E-state index >= 15 is 0 Å². The Labute approximate surface area is 97.4 Å². The molecule has 0 amide bonds. The quantitative estimate of drug-likeness (QED) is 0.688. The Bertz CT molecular complexity index is 336. The molecule has 1 aliphatic carbocycles. The molecule has 0 spiro atoms. The maximum absolute atomic E-state index is 5.61. The van der Waals surface area contributed by atoms with E-state index in [2.05, 4.69) is 16.9 Å². The molecule has 0 aromatic carbocycles. The highest BCUT2D eigenvalue weighted by molar-refractivity contribution is 5.37. The fourth-order valence-corrected chi connectivity index (χ4v) is 1.59. The molecule has 0 atom stereocenters. The van der Waals surface area contributed by atoms with Crippen LogP contribution >= 0.6 is 0 Å². The normalized spacial score (nSPS) is 15.1. The minimum atomic E-state index is 0.794. The lowest BCUT2D eigenvalue weighted by Gasteiger charge is -2.18. The van der Waals surface area contributed by atoms with Crippen LogP contribution in [0.1, 0.15) is 18.5 Å². The van der Waals surface area contributed by atoms with Gasteiger partial charge in [-0.3, -0.25) is 0 Å². The molecule has 0 radical (unpaired) electrons. The molecule has 3 nitrogen and oxygen atoms in total. The summed E-state index contributed by atoms with van der Waals surface area (Å²) in [7, 11) is 2.06. The molecule has 0 N–H and O–H groups in total. The van der Waals surface area contributed by atoms with Gasteiger partial charge in [-0.1, -0.05) is 6.07 Å². The monoisotopic (exact) mass is 220 g/mol. The molecular weight excluding hydrogens is 200 g/mol. The van der Waals surface area contributed by atoms with Crippen LogP contribution in [0.25, 0.3) is 0 Å². The summed E-state index contributed by atoms with van der Waals surface area (Å²) in [6, 6.07) is 6.09. The van der Waals surface area contributed by atoms with E-state index in [1.165, 1.54) is 12.8 Å². The zero-order valence-corrected chi connectivity index (χ0v) is 10.1. The molecular formula is C13H20N2O. The van der Waals surface area contributed by atoms with Crippen molar-refractivity contribution in [3.05, 3.63) is 23.9 Å². The van der Waals surface area contributed by atoms with E-state index in [0.717, 1.165) is 37.2 Å². The van der Waals surface area contributed by atoms with E-state index in [1.54, 1.807) is 0 Å². The van der Waals surface area contributed by atoms with Gasteiger partial charge in [-0.15, -0.1) is 0 Å². The van der Waals surface area contributed by atoms with Gasteiger partial charge in [0.25, 0.3) is 0 Å². The molecule has 16 heavy (non-hydrogen) atoms. The number of rotatable bonds is 6. The predicted octanol–water partition coefficient (Wildman–Crippen LogP) is 2.25. The molecule has 0 unspecified atom stereocenters. The summed E-state index contributed by atoms with van der Waals surface area (Å²) in [5.41, 5.74) is 1.06. The first-order valence-electron chi connectivity index (χ1n) is 5.98. The van der Waals surface area contributed by atoms with Crippen LogP contribution in [0.15, 0.2) is 18.2 Å². The van der Waals surface area contributed by atoms with Gasteiger partial charge in [-0.05, 0) is 37.8 Å². The highest BCUT2D eigenvalue weighted by Gasteiger charge is 2.20. The Balaban J connectivity index is 1.71. The Kier molecular flexibility index (Phi) is 3.78. The highest BCUT2D eigenvalue weighted by atomic mass is 16.5. The van der Waals surface area contributed by atoms with Crippen LogP contribution in [-0.4, -0.2) is 31.8 Å². The van der Waals surface area contributed by atoms with Gasteiger partial charge >= 0.3 is 0 Å². The van der Waals surface area contributed by atoms with Gasteiger partial charge in [-0.25, -0.2) is 4.98 Å². The number of anilines is 1. The van der Waals surface area contributed by atoms with Crippen LogP contribution in [0.4, 0.5) is 5.82 Å². The summed E-state index contributed by atoms with van der Waals surface area (Å²) >= 11 is 0. The number of aromatic nitrogens is 1. The molecule has 1 heterocycles. The minimum Gasteiger partial charge on any atom is -0.379 e. The number of aryl methyl sites for hydroxylation is 1. The van der Waals surface area contributed by atoms with Crippen molar-refractivity contribution in [2.45, 2.75) is 19.8 Å². The number of hydrogen-bond donors (Lipinski definition) is 0. The molecule has 1 aromatic heterocycles. The molecule has 2 rings (SSSR count). The highest BCUT2D eigenvalue weighted by Crippen LogP contribution is 2.28. The van der Waals surface area contributed by atoms with E-state index in [-0.39, 0.29) is 0 Å². The summed E-state index contributed by atoms with van der Waals surface area (Å²) < 4.78 is 5.61. The summed E-state index contributed by atoms with van der Waals surface area (Å²) in [4.78, 5) is 6.61. The zero-order chi connectivity index (χ0) is 11.4. The Morgan fingerprint density at radius 2 is 2.25 bits per heavy atom. The molecule has 88 valence electrons. The van der Waals surface area contributed by atoms with Crippen molar-refractivity contribution in [2.24, 2.45) is 5.92 Å². The lowest BCUT2D eigenvalue weighted by atomic mass is 10.3. The van der Waals surface area contributed by atoms with Crippen LogP contribution in [0.3, 0.4) is 0 Å². The Hall–Kier alpha value is -1.09. The summed E-state index contributed by atoms with van der Waals surface area (Å²) in [5, 5.41) is 0. The third kappa shape index (κ3) is 3.49. The molecule has 3 heteroatoms. The second-order valence-electron chi connectivity index (χ2n) is 4.58. The number of nitrogens with zero attached hydrogens (tertiary/aromatic N) is 2. The standard InChI is InChI=1S/C13H20N2O/c1-11-4-3-5-13(14-11)15(2)8-9-16-10-12-6-7-12/h3-5,12H,6-10H2,1-2H3. The predicted molar refractivity (Wildman–Crippen MR) is 65.8 cm³/mol. The second kappa shape index (κ2) is 5.30. The fraction of sp³-hybridized carbons (Fsp3) is 0.615. The average Bonchev–Trinajstić information content (AvgIpc) is 3.08. The minimum absolute atomic E-state index is 0.794. The van der Waals surface area contributed by atoms with Crippen LogP contribution < -0.4 is 4.90 Å². The van der Waals surface area contributed by atoms with Crippen LogP contribution in [-0.2, 0) is 4.74 Å². The molecule has 1 fully saturated rings. The fourth-order valence-electron chi connectivity index (χ4n) is 1.59. The number of ether oxygens (including phenoxy) is 1. The second-order valence-corrected chi connectivity index (χ2v) is 4.58. The smallest absolute Gasteiger partial charge is 0.128 e. The van der Waals surface area contributed by atoms with Gasteiger partial charge in [0.15, 0.2) is 0 Å². The van der Waals surface area contributed by atoms with Crippen molar-refractivity contribution in [1.29, 1.82) is 0 Å². The van der Waals surface area contributed by atoms with Crippen LogP contribution in [0, 0.1) is 12.8 Å². The van der Waals surface area contributed by atoms with Crippen molar-refractivity contribution < 1.29 is 4.74 Å². The lowest BCUT2D eigenvalue weighted by Crippen LogP contribution is -2.23. The van der Waals surface area contributed by atoms with Crippen molar-refractivity contribution in [1.82, 2.24) is 4.98 Å². The molecule has 0 saturated heterocycles. The van der Waals surface area contributed by atoms with Gasteiger partial charge < -0.3 is 9.64 Å². The number of likely N-dealkylation sites (N-methyl/N-ethyl adjacent to an activating group) is 1. The van der Waals surface area contributed by atoms with Crippen LogP contribution in [0.5, 0.6) is 0 Å². The van der Waals surface area contributed by atoms with Crippen molar-refractivity contribution in [3.8, 4) is 0 Å². The van der Waals surface area contributed by atoms with Gasteiger partial charge in [-0.2, -0.15) is 0 Å². The van der Waals surface area contributed by atoms with E-state index in [1.807, 2.05) is 25.1 Å². The van der Waals surface area contributed by atoms with E-state index in [0.29, 0.717) is 0 Å². The Morgan fingerprint density at radius 1 is 1.44 bits per heavy atom. The third-order valence-electron chi connectivity index (χ3n) is 2.89. The van der Waals surface area contributed by atoms with Gasteiger partial charge in [0.2, 0.25) is 0 Å². The van der Waals surface area contributed by atoms with Gasteiger partial charge in [0, 0.05) is 25.9 Å². The number of pyridine rings is 1. The molecule has 1 aromatic rings. The first-order valence-corrected chi connectivity index (χ1v) is 5.98. The molecule has 0 aliphatic heterocycles. The maximum Gasteiger partial charge on any atom is 0.128 e. The average molecular weight is 220 g/mol. The summed E-state index contributed by atoms with van der Waals surface area (Å²) in [6.07, 6.45) is 2.71. The largest absolute Gasteiger partial charge is 0.379 e. The van der Waals surface area contributed by atoms with Gasteiger partial charge in [0.05, 0.1) is 6.61 Å². The Morgan fingerprint density at radius 3 is 2.94 bits per heavy atom. The van der Waals surface area contributed by atoms with Crippen molar-refractivity contribution in [2.75, 3.05) is 31.7 Å². The number of hydrogen-bond acceptors (Lipinski definition) is 3. The summed E-state index contributed by atoms with van der Waals surface area (Å²) in [6.45, 7) is 4.65. The maximum atomic E-state index is 5.61. The first-order chi connectivity index (χ1) is 7.75. The molecule has 1 saturated carbocycles. The first kappa shape index (κ1) is 11.4. The lowest BCUT2D eigenvalue weighted by molar-refractivity contribution is 0.131. The van der Waals surface area contributed by atoms with Gasteiger partial charge in [0.1, 0.15) is 5.82 Å². The zero-order valence-electron chi connectivity index (χ0n) is 10.1. The van der Waals surface area contributed by atoms with E-state index < -0.39 is 0 Å². The van der Waals surface area contributed by atoms with E-state index in [4.69, 9.17) is 4.74 Å². The SMILES string of the molecule is Cc1cccc(N(C)CCOCC2CC2)n1. The third-order valence-corrected chi connectivity index (χ3v) is 2.89. The van der Waals surface area contributed by atoms with Crippen molar-refractivity contribution >= 4 is 5.82 Å². The summed E-state index contributed by atoms with van der Waals surface area (Å²) in [5.74, 6) is 1.87. The molecule has 0 bridgehead atoms. The van der Waals surface area contributed by atoms with Crippen LogP contribution in [0.2, 0.25) is 0 Å². The molecule has 1 aliphatic rings.